The van der Waals surface area contributed by atoms with Crippen molar-refractivity contribution in [3.05, 3.63) is 28.2 Å². The fourth-order valence-corrected chi connectivity index (χ4v) is 2.38. The molecule has 1 aromatic rings. The maximum absolute atomic E-state index is 11.4. The predicted octanol–water partition coefficient (Wildman–Crippen LogP) is 2.46. The van der Waals surface area contributed by atoms with E-state index in [1.54, 1.807) is 18.2 Å². The van der Waals surface area contributed by atoms with Crippen LogP contribution >= 0.6 is 15.9 Å². The monoisotopic (exact) mass is 328 g/mol. The maximum atomic E-state index is 11.4. The van der Waals surface area contributed by atoms with Gasteiger partial charge in [-0.2, -0.15) is 0 Å². The van der Waals surface area contributed by atoms with Gasteiger partial charge >= 0.3 is 5.97 Å². The van der Waals surface area contributed by atoms with Crippen LogP contribution in [0.15, 0.2) is 22.7 Å². The Morgan fingerprint density at radius 3 is 2.68 bits per heavy atom. The number of benzene rings is 1. The largest absolute Gasteiger partial charge is 0.481 e. The zero-order chi connectivity index (χ0) is 14.4. The molecule has 0 heterocycles. The van der Waals surface area contributed by atoms with Crippen LogP contribution in [0.1, 0.15) is 30.1 Å². The van der Waals surface area contributed by atoms with Gasteiger partial charge in [-0.25, -0.2) is 0 Å². The molecule has 5 nitrogen and oxygen atoms in total. The summed E-state index contributed by atoms with van der Waals surface area (Å²) in [6.07, 6.45) is 1.38. The van der Waals surface area contributed by atoms with Crippen LogP contribution in [0.2, 0.25) is 0 Å². The quantitative estimate of drug-likeness (QED) is 0.716. The molecule has 1 rings (SSSR count). The molecule has 1 atom stereocenters. The molecule has 0 aliphatic rings. The number of hydrogen-bond acceptors (Lipinski definition) is 3. The van der Waals surface area contributed by atoms with Crippen LogP contribution in [-0.2, 0) is 4.79 Å². The van der Waals surface area contributed by atoms with Crippen molar-refractivity contribution in [2.24, 2.45) is 11.7 Å². The molecule has 0 saturated heterocycles. The molecule has 104 valence electrons. The van der Waals surface area contributed by atoms with Crippen molar-refractivity contribution < 1.29 is 14.7 Å². The molecule has 0 saturated carbocycles. The van der Waals surface area contributed by atoms with Crippen LogP contribution in [0.5, 0.6) is 0 Å². The molecule has 1 unspecified atom stereocenters. The van der Waals surface area contributed by atoms with E-state index in [9.17, 15) is 9.59 Å². The highest BCUT2D eigenvalue weighted by atomic mass is 79.9. The molecule has 4 N–H and O–H groups in total. The molecule has 0 radical (unpaired) electrons. The number of carbonyl (C=O) groups excluding carboxylic acids is 1. The summed E-state index contributed by atoms with van der Waals surface area (Å²) in [5, 5.41) is 12.1. The average molecular weight is 329 g/mol. The molecule has 0 aliphatic carbocycles. The highest BCUT2D eigenvalue weighted by Crippen LogP contribution is 2.24. The summed E-state index contributed by atoms with van der Waals surface area (Å²) >= 11 is 3.26. The molecule has 0 aliphatic heterocycles. The highest BCUT2D eigenvalue weighted by molar-refractivity contribution is 9.10. The summed E-state index contributed by atoms with van der Waals surface area (Å²) in [6.45, 7) is 2.20. The van der Waals surface area contributed by atoms with Crippen LogP contribution in [-0.4, -0.2) is 23.5 Å². The van der Waals surface area contributed by atoms with E-state index in [0.717, 1.165) is 6.42 Å². The fourth-order valence-electron chi connectivity index (χ4n) is 1.82. The second kappa shape index (κ2) is 7.13. The number of aliphatic carboxylic acids is 1. The highest BCUT2D eigenvalue weighted by Gasteiger charge is 2.18. The van der Waals surface area contributed by atoms with Gasteiger partial charge in [-0.3, -0.25) is 9.59 Å². The van der Waals surface area contributed by atoms with Gasteiger partial charge in [-0.15, -0.1) is 0 Å². The van der Waals surface area contributed by atoms with Crippen molar-refractivity contribution in [1.29, 1.82) is 0 Å². The summed E-state index contributed by atoms with van der Waals surface area (Å²) in [4.78, 5) is 22.4. The van der Waals surface area contributed by atoms with Gasteiger partial charge in [-0.05, 0) is 34.5 Å². The molecule has 0 spiro atoms. The lowest BCUT2D eigenvalue weighted by atomic mass is 10.0. The Kier molecular flexibility index (Phi) is 5.82. The van der Waals surface area contributed by atoms with Gasteiger partial charge < -0.3 is 16.2 Å². The molecule has 19 heavy (non-hydrogen) atoms. The summed E-state index contributed by atoms with van der Waals surface area (Å²) < 4.78 is 0.590. The van der Waals surface area contributed by atoms with Crippen LogP contribution < -0.4 is 11.1 Å². The minimum atomic E-state index is -0.843. The number of carboxylic acids is 1. The van der Waals surface area contributed by atoms with E-state index >= 15 is 0 Å². The number of rotatable bonds is 7. The molecule has 6 heteroatoms. The second-order valence-electron chi connectivity index (χ2n) is 4.23. The number of halogens is 1. The average Bonchev–Trinajstić information content (AvgIpc) is 2.33. The normalized spacial score (nSPS) is 11.9. The molecule has 0 aromatic heterocycles. The SMILES string of the molecule is CCCC(CNc1cccc(Br)c1C(N)=O)C(=O)O. The number of nitrogens with one attached hydrogen (secondary N) is 1. The van der Waals surface area contributed by atoms with Crippen molar-refractivity contribution in [3.8, 4) is 0 Å². The maximum Gasteiger partial charge on any atom is 0.308 e. The standard InChI is InChI=1S/C13H17BrN2O3/c1-2-4-8(13(18)19)7-16-10-6-3-5-9(14)11(10)12(15)17/h3,5-6,8,16H,2,4,7H2,1H3,(H2,15,17)(H,18,19). The van der Waals surface area contributed by atoms with Crippen molar-refractivity contribution in [1.82, 2.24) is 0 Å². The van der Waals surface area contributed by atoms with E-state index in [4.69, 9.17) is 10.8 Å². The van der Waals surface area contributed by atoms with Crippen molar-refractivity contribution in [2.45, 2.75) is 19.8 Å². The van der Waals surface area contributed by atoms with E-state index in [0.29, 0.717) is 22.1 Å². The minimum absolute atomic E-state index is 0.264. The van der Waals surface area contributed by atoms with Gasteiger partial charge in [0.15, 0.2) is 0 Å². The smallest absolute Gasteiger partial charge is 0.308 e. The molecular formula is C13H17BrN2O3. The first-order valence-corrected chi connectivity index (χ1v) is 6.81. The Hall–Kier alpha value is -1.56. The van der Waals surface area contributed by atoms with Gasteiger partial charge in [0.25, 0.3) is 5.91 Å². The zero-order valence-corrected chi connectivity index (χ0v) is 12.2. The molecular weight excluding hydrogens is 312 g/mol. The van der Waals surface area contributed by atoms with Crippen molar-refractivity contribution in [3.63, 3.8) is 0 Å². The first-order valence-electron chi connectivity index (χ1n) is 6.02. The molecule has 0 bridgehead atoms. The lowest BCUT2D eigenvalue weighted by molar-refractivity contribution is -0.141. The predicted molar refractivity (Wildman–Crippen MR) is 77.2 cm³/mol. The lowest BCUT2D eigenvalue weighted by Gasteiger charge is -2.15. The van der Waals surface area contributed by atoms with Crippen molar-refractivity contribution >= 4 is 33.5 Å². The minimum Gasteiger partial charge on any atom is -0.481 e. The van der Waals surface area contributed by atoms with Crippen LogP contribution in [0.25, 0.3) is 0 Å². The number of anilines is 1. The topological polar surface area (TPSA) is 92.4 Å². The Bertz CT molecular complexity index is 477. The first-order chi connectivity index (χ1) is 8.97. The molecule has 0 fully saturated rings. The van der Waals surface area contributed by atoms with E-state index in [-0.39, 0.29) is 6.54 Å². The Morgan fingerprint density at radius 1 is 1.47 bits per heavy atom. The lowest BCUT2D eigenvalue weighted by Crippen LogP contribution is -2.24. The van der Waals surface area contributed by atoms with Gasteiger partial charge in [-0.1, -0.05) is 19.4 Å². The number of nitrogens with two attached hydrogens (primary N) is 1. The summed E-state index contributed by atoms with van der Waals surface area (Å²) in [6, 6.07) is 5.18. The van der Waals surface area contributed by atoms with Crippen molar-refractivity contribution in [2.75, 3.05) is 11.9 Å². The van der Waals surface area contributed by atoms with Crippen LogP contribution in [0.3, 0.4) is 0 Å². The van der Waals surface area contributed by atoms with Gasteiger partial charge in [0, 0.05) is 16.7 Å². The van der Waals surface area contributed by atoms with E-state index < -0.39 is 17.8 Å². The second-order valence-corrected chi connectivity index (χ2v) is 5.09. The number of carbonyl (C=O) groups is 2. The van der Waals surface area contributed by atoms with Crippen LogP contribution in [0.4, 0.5) is 5.69 Å². The third-order valence-electron chi connectivity index (χ3n) is 2.79. The van der Waals surface area contributed by atoms with Gasteiger partial charge in [0.1, 0.15) is 0 Å². The summed E-state index contributed by atoms with van der Waals surface area (Å²) in [7, 11) is 0. The Morgan fingerprint density at radius 2 is 2.16 bits per heavy atom. The Balaban J connectivity index is 2.85. The van der Waals surface area contributed by atoms with Gasteiger partial charge in [0.2, 0.25) is 0 Å². The van der Waals surface area contributed by atoms with E-state index in [1.165, 1.54) is 0 Å². The first kappa shape index (κ1) is 15.5. The van der Waals surface area contributed by atoms with E-state index in [2.05, 4.69) is 21.2 Å². The van der Waals surface area contributed by atoms with Crippen LogP contribution in [0, 0.1) is 5.92 Å². The molecule has 1 amide bonds. The number of hydrogen-bond donors (Lipinski definition) is 3. The van der Waals surface area contributed by atoms with E-state index in [1.807, 2.05) is 6.92 Å². The fraction of sp³-hybridized carbons (Fsp3) is 0.385. The summed E-state index contributed by atoms with van der Waals surface area (Å²) in [5.41, 5.74) is 6.20. The Labute approximate surface area is 120 Å². The number of primary amides is 1. The number of carboxylic acid groups (broad SMARTS) is 1. The number of amides is 1. The third kappa shape index (κ3) is 4.24. The van der Waals surface area contributed by atoms with Gasteiger partial charge in [0.05, 0.1) is 11.5 Å². The zero-order valence-electron chi connectivity index (χ0n) is 10.6. The molecule has 1 aromatic carbocycles. The third-order valence-corrected chi connectivity index (χ3v) is 3.45. The summed E-state index contributed by atoms with van der Waals surface area (Å²) in [5.74, 6) is -1.88.